The summed E-state index contributed by atoms with van der Waals surface area (Å²) in [7, 11) is -0.879. The third kappa shape index (κ3) is 2.85. The summed E-state index contributed by atoms with van der Waals surface area (Å²) in [4.78, 5) is 0. The quantitative estimate of drug-likeness (QED) is 0.431. The second kappa shape index (κ2) is 3.00. The molecule has 0 aromatic rings. The molecule has 0 fully saturated rings. The fourth-order valence-electron chi connectivity index (χ4n) is 0.354. The first-order valence-electron chi connectivity index (χ1n) is 2.82. The molecule has 0 saturated heterocycles. The van der Waals surface area contributed by atoms with Gasteiger partial charge in [0.2, 0.25) is 0 Å². The van der Waals surface area contributed by atoms with Gasteiger partial charge in [-0.15, -0.1) is 0 Å². The van der Waals surface area contributed by atoms with E-state index in [1.165, 1.54) is 0 Å². The summed E-state index contributed by atoms with van der Waals surface area (Å²) < 4.78 is 0.752. The Bertz CT molecular complexity index is 83.0. The molecular weight excluding hydrogens is 148 g/mol. The van der Waals surface area contributed by atoms with Gasteiger partial charge in [0, 0.05) is 0 Å². The molecule has 0 aromatic carbocycles. The van der Waals surface area contributed by atoms with Crippen molar-refractivity contribution < 1.29 is 20.4 Å². The molecule has 8 heavy (non-hydrogen) atoms. The molecule has 0 rings (SSSR count). The Kier molecular flexibility index (Phi) is 3.25. The van der Waals surface area contributed by atoms with Gasteiger partial charge in [-0.2, -0.15) is 0 Å². The summed E-state index contributed by atoms with van der Waals surface area (Å²) in [6.45, 7) is 10.8. The molecule has 0 amide bonds. The van der Waals surface area contributed by atoms with Gasteiger partial charge in [-0.25, -0.2) is 0 Å². The predicted molar refractivity (Wildman–Crippen MR) is 37.3 cm³/mol. The molecule has 1 unspecified atom stereocenters. The third-order valence-electron chi connectivity index (χ3n) is 1.17. The van der Waals surface area contributed by atoms with Crippen LogP contribution >= 0.6 is 0 Å². The number of rotatable bonds is 2. The molecule has 0 bridgehead atoms. The first-order chi connectivity index (χ1) is 3.48. The average molecular weight is 161 g/mol. The van der Waals surface area contributed by atoms with Gasteiger partial charge in [0.1, 0.15) is 0 Å². The van der Waals surface area contributed by atoms with Crippen LogP contribution in [0.25, 0.3) is 0 Å². The third-order valence-corrected chi connectivity index (χ3v) is 7.70. The molecule has 0 nitrogen and oxygen atoms in total. The summed E-state index contributed by atoms with van der Waals surface area (Å²) >= 11 is 2.25. The van der Waals surface area contributed by atoms with Crippen molar-refractivity contribution in [1.82, 2.24) is 0 Å². The van der Waals surface area contributed by atoms with Crippen molar-refractivity contribution in [3.05, 3.63) is 12.7 Å². The van der Waals surface area contributed by atoms with E-state index >= 15 is 0 Å². The van der Waals surface area contributed by atoms with Crippen molar-refractivity contribution in [2.24, 2.45) is 0 Å². The fraction of sp³-hybridized carbons (Fsp3) is 0.667. The maximum absolute atomic E-state index is 3.76. The van der Waals surface area contributed by atoms with Crippen molar-refractivity contribution in [3.8, 4) is 0 Å². The van der Waals surface area contributed by atoms with Crippen LogP contribution in [0.3, 0.4) is 0 Å². The summed E-state index contributed by atoms with van der Waals surface area (Å²) in [5.41, 5.74) is 0. The summed E-state index contributed by atoms with van der Waals surface area (Å²) in [5.74, 6) is 0. The topological polar surface area (TPSA) is 0 Å². The van der Waals surface area contributed by atoms with Gasteiger partial charge in [0.15, 0.2) is 0 Å². The Hall–Kier alpha value is 0.671. The van der Waals surface area contributed by atoms with Crippen LogP contribution in [0.1, 0.15) is 0 Å². The van der Waals surface area contributed by atoms with Crippen molar-refractivity contribution in [2.75, 3.05) is 0 Å². The van der Waals surface area contributed by atoms with Crippen LogP contribution in [0.4, 0.5) is 0 Å². The van der Waals surface area contributed by atoms with Crippen LogP contribution in [0.15, 0.2) is 12.7 Å². The van der Waals surface area contributed by atoms with Crippen LogP contribution in [0.2, 0.25) is 23.5 Å². The maximum atomic E-state index is 3.76. The van der Waals surface area contributed by atoms with E-state index in [4.69, 9.17) is 0 Å². The Labute approximate surface area is 64.8 Å². The van der Waals surface area contributed by atoms with Gasteiger partial charge in [-0.3, -0.25) is 0 Å². The molecular formula is C6H13SiTi. The zero-order chi connectivity index (χ0) is 6.78. The van der Waals surface area contributed by atoms with Gasteiger partial charge in [-0.05, 0) is 0 Å². The van der Waals surface area contributed by atoms with Crippen LogP contribution < -0.4 is 0 Å². The summed E-state index contributed by atoms with van der Waals surface area (Å²) in [5, 5.41) is 0. The molecule has 0 spiro atoms. The molecule has 0 radical (unpaired) electrons. The second-order valence-electron chi connectivity index (χ2n) is 3.08. The summed E-state index contributed by atoms with van der Waals surface area (Å²) in [6.07, 6.45) is 2.06. The molecule has 0 aromatic heterocycles. The molecule has 0 N–H and O–H groups in total. The van der Waals surface area contributed by atoms with Crippen LogP contribution in [-0.2, 0) is 20.4 Å². The molecule has 2 heteroatoms. The van der Waals surface area contributed by atoms with E-state index < -0.39 is 8.07 Å². The average Bonchev–Trinajstić information content (AvgIpc) is 1.62. The molecule has 0 aliphatic carbocycles. The van der Waals surface area contributed by atoms with E-state index in [2.05, 4.69) is 52.7 Å². The number of hydrogen-bond donors (Lipinski definition) is 0. The van der Waals surface area contributed by atoms with E-state index in [0.29, 0.717) is 0 Å². The van der Waals surface area contributed by atoms with Gasteiger partial charge in [0.05, 0.1) is 0 Å². The van der Waals surface area contributed by atoms with Gasteiger partial charge >= 0.3 is 64.7 Å². The number of allylic oxidation sites excluding steroid dienone is 1. The molecule has 1 atom stereocenters. The first kappa shape index (κ1) is 8.67. The van der Waals surface area contributed by atoms with Crippen molar-refractivity contribution in [1.29, 1.82) is 0 Å². The number of hydrogen-bond acceptors (Lipinski definition) is 0. The molecule has 0 aliphatic rings. The zero-order valence-electron chi connectivity index (χ0n) is 5.86. The Balaban J connectivity index is 3.80. The minimum atomic E-state index is -0.879. The van der Waals surface area contributed by atoms with Gasteiger partial charge in [0.25, 0.3) is 0 Å². The Morgan fingerprint density at radius 3 is 1.88 bits per heavy atom. The van der Waals surface area contributed by atoms with Gasteiger partial charge < -0.3 is 0 Å². The Morgan fingerprint density at radius 1 is 1.50 bits per heavy atom. The standard InChI is InChI=1S/C6H13Si.Ti/c1-5-6-7(2,3)4;/h5-6H,1H2,2-4H3;. The molecule has 0 saturated carbocycles. The van der Waals surface area contributed by atoms with Gasteiger partial charge in [-0.1, -0.05) is 0 Å². The molecule has 0 heterocycles. The fourth-order valence-corrected chi connectivity index (χ4v) is 1.06. The minimum absolute atomic E-state index is 0.752. The van der Waals surface area contributed by atoms with Crippen molar-refractivity contribution in [3.63, 3.8) is 0 Å². The molecule has 0 aliphatic heterocycles. The summed E-state index contributed by atoms with van der Waals surface area (Å²) in [6, 6.07) is 0. The Morgan fingerprint density at radius 2 is 1.88 bits per heavy atom. The second-order valence-corrected chi connectivity index (χ2v) is 10.3. The predicted octanol–water partition coefficient (Wildman–Crippen LogP) is 2.39. The van der Waals surface area contributed by atoms with E-state index in [0.717, 1.165) is 3.85 Å². The van der Waals surface area contributed by atoms with Crippen molar-refractivity contribution >= 4 is 8.07 Å². The van der Waals surface area contributed by atoms with Crippen LogP contribution in [0.5, 0.6) is 0 Å². The van der Waals surface area contributed by atoms with E-state index in [1.807, 2.05) is 0 Å². The van der Waals surface area contributed by atoms with E-state index in [9.17, 15) is 0 Å². The van der Waals surface area contributed by atoms with Crippen LogP contribution in [-0.4, -0.2) is 8.07 Å². The SMILES string of the molecule is C=C[CH]([Ti])[Si](C)(C)C. The van der Waals surface area contributed by atoms with Crippen molar-refractivity contribution in [2.45, 2.75) is 23.5 Å². The monoisotopic (exact) mass is 161 g/mol. The van der Waals surface area contributed by atoms with E-state index in [1.54, 1.807) is 0 Å². The normalized spacial score (nSPS) is 15.2. The first-order valence-corrected chi connectivity index (χ1v) is 7.30. The molecule has 45 valence electrons. The van der Waals surface area contributed by atoms with E-state index in [-0.39, 0.29) is 0 Å². The zero-order valence-corrected chi connectivity index (χ0v) is 8.42. The van der Waals surface area contributed by atoms with Crippen LogP contribution in [0, 0.1) is 0 Å².